The van der Waals surface area contributed by atoms with Crippen LogP contribution >= 0.6 is 11.3 Å². The SMILES string of the molecule is CCC(NC1CN2CCC1CC2)c1cccs1. The average molecular weight is 250 g/mol. The van der Waals surface area contributed by atoms with Crippen molar-refractivity contribution in [3.63, 3.8) is 0 Å². The third kappa shape index (κ3) is 2.42. The molecule has 3 heteroatoms. The minimum absolute atomic E-state index is 0.570. The van der Waals surface area contributed by atoms with Gasteiger partial charge in [0.1, 0.15) is 0 Å². The molecule has 2 nitrogen and oxygen atoms in total. The van der Waals surface area contributed by atoms with E-state index in [1.165, 1.54) is 43.8 Å². The first-order valence-corrected chi connectivity index (χ1v) is 7.76. The summed E-state index contributed by atoms with van der Waals surface area (Å²) in [4.78, 5) is 4.13. The van der Waals surface area contributed by atoms with Gasteiger partial charge in [0.2, 0.25) is 0 Å². The van der Waals surface area contributed by atoms with E-state index in [0.29, 0.717) is 6.04 Å². The highest BCUT2D eigenvalue weighted by molar-refractivity contribution is 7.10. The molecule has 0 radical (unpaired) electrons. The Hall–Kier alpha value is -0.380. The van der Waals surface area contributed by atoms with Gasteiger partial charge in [0, 0.05) is 23.5 Å². The van der Waals surface area contributed by atoms with Gasteiger partial charge in [-0.2, -0.15) is 0 Å². The van der Waals surface area contributed by atoms with Crippen molar-refractivity contribution in [1.29, 1.82) is 0 Å². The van der Waals surface area contributed by atoms with Crippen molar-refractivity contribution in [1.82, 2.24) is 10.2 Å². The van der Waals surface area contributed by atoms with Crippen LogP contribution in [0.25, 0.3) is 0 Å². The summed E-state index contributed by atoms with van der Waals surface area (Å²) in [5.74, 6) is 0.925. The van der Waals surface area contributed by atoms with Gasteiger partial charge < -0.3 is 10.2 Å². The van der Waals surface area contributed by atoms with E-state index in [4.69, 9.17) is 0 Å². The Morgan fingerprint density at radius 3 is 2.82 bits per heavy atom. The molecule has 2 bridgehead atoms. The van der Waals surface area contributed by atoms with Crippen molar-refractivity contribution in [3.8, 4) is 0 Å². The molecule has 4 heterocycles. The lowest BCUT2D eigenvalue weighted by molar-refractivity contribution is 0.0668. The summed E-state index contributed by atoms with van der Waals surface area (Å²) < 4.78 is 0. The number of hydrogen-bond donors (Lipinski definition) is 1. The van der Waals surface area contributed by atoms with Crippen LogP contribution in [-0.4, -0.2) is 30.6 Å². The first kappa shape index (κ1) is 11.7. The Morgan fingerprint density at radius 1 is 1.47 bits per heavy atom. The quantitative estimate of drug-likeness (QED) is 0.884. The van der Waals surface area contributed by atoms with Crippen LogP contribution in [0, 0.1) is 5.92 Å². The zero-order chi connectivity index (χ0) is 11.7. The van der Waals surface area contributed by atoms with Crippen molar-refractivity contribution in [2.45, 2.75) is 38.3 Å². The molecule has 0 saturated carbocycles. The van der Waals surface area contributed by atoms with E-state index in [1.54, 1.807) is 0 Å². The lowest BCUT2D eigenvalue weighted by atomic mass is 9.83. The maximum Gasteiger partial charge on any atom is 0.0414 e. The Labute approximate surface area is 108 Å². The van der Waals surface area contributed by atoms with Crippen LogP contribution in [0.3, 0.4) is 0 Å². The second-order valence-corrected chi connectivity index (χ2v) is 6.37. The highest BCUT2D eigenvalue weighted by Gasteiger charge is 2.34. The number of rotatable bonds is 4. The minimum atomic E-state index is 0.570. The van der Waals surface area contributed by atoms with Crippen LogP contribution in [-0.2, 0) is 0 Å². The van der Waals surface area contributed by atoms with Gasteiger partial charge in [-0.15, -0.1) is 11.3 Å². The smallest absolute Gasteiger partial charge is 0.0414 e. The molecule has 2 atom stereocenters. The van der Waals surface area contributed by atoms with Crippen LogP contribution in [0.15, 0.2) is 17.5 Å². The van der Waals surface area contributed by atoms with Gasteiger partial charge in [0.05, 0.1) is 0 Å². The number of thiophene rings is 1. The molecular weight excluding hydrogens is 228 g/mol. The topological polar surface area (TPSA) is 15.3 Å². The van der Waals surface area contributed by atoms with Crippen LogP contribution in [0.4, 0.5) is 0 Å². The van der Waals surface area contributed by atoms with E-state index in [2.05, 4.69) is 34.7 Å². The molecule has 4 rings (SSSR count). The van der Waals surface area contributed by atoms with Crippen LogP contribution in [0.2, 0.25) is 0 Å². The second kappa shape index (κ2) is 5.09. The largest absolute Gasteiger partial charge is 0.305 e. The summed E-state index contributed by atoms with van der Waals surface area (Å²) in [6, 6.07) is 5.73. The van der Waals surface area contributed by atoms with Crippen LogP contribution in [0.1, 0.15) is 37.1 Å². The second-order valence-electron chi connectivity index (χ2n) is 5.39. The summed E-state index contributed by atoms with van der Waals surface area (Å²) >= 11 is 1.89. The standard InChI is InChI=1S/C14H22N2S/c1-2-12(14-4-3-9-17-14)15-13-10-16-7-5-11(13)6-8-16/h3-4,9,11-13,15H,2,5-8,10H2,1H3. The predicted molar refractivity (Wildman–Crippen MR) is 73.4 cm³/mol. The molecule has 3 aliphatic rings. The van der Waals surface area contributed by atoms with Gasteiger partial charge in [0.25, 0.3) is 0 Å². The maximum absolute atomic E-state index is 3.91. The summed E-state index contributed by atoms with van der Waals surface area (Å²) in [7, 11) is 0. The van der Waals surface area contributed by atoms with Crippen LogP contribution < -0.4 is 5.32 Å². The molecule has 1 aromatic heterocycles. The van der Waals surface area contributed by atoms with Crippen molar-refractivity contribution >= 4 is 11.3 Å². The number of fused-ring (bicyclic) bond motifs is 3. The fourth-order valence-corrected chi connectivity index (χ4v) is 4.17. The number of hydrogen-bond acceptors (Lipinski definition) is 3. The molecule has 3 fully saturated rings. The number of nitrogens with one attached hydrogen (secondary N) is 1. The normalized spacial score (nSPS) is 33.8. The van der Waals surface area contributed by atoms with Gasteiger partial charge in [-0.3, -0.25) is 0 Å². The van der Waals surface area contributed by atoms with Gasteiger partial charge in [-0.25, -0.2) is 0 Å². The molecule has 94 valence electrons. The van der Waals surface area contributed by atoms with E-state index in [0.717, 1.165) is 12.0 Å². The Balaban J connectivity index is 1.65. The van der Waals surface area contributed by atoms with Crippen LogP contribution in [0.5, 0.6) is 0 Å². The fourth-order valence-electron chi connectivity index (χ4n) is 3.30. The first-order chi connectivity index (χ1) is 8.36. The number of nitrogens with zero attached hydrogens (tertiary/aromatic N) is 1. The molecule has 0 aromatic carbocycles. The van der Waals surface area contributed by atoms with E-state index in [9.17, 15) is 0 Å². The zero-order valence-electron chi connectivity index (χ0n) is 10.6. The summed E-state index contributed by atoms with van der Waals surface area (Å²) in [6.07, 6.45) is 4.00. The van der Waals surface area contributed by atoms with Gasteiger partial charge in [0.15, 0.2) is 0 Å². The maximum atomic E-state index is 3.91. The zero-order valence-corrected chi connectivity index (χ0v) is 11.4. The summed E-state index contributed by atoms with van der Waals surface area (Å²) in [5.41, 5.74) is 0. The molecule has 0 spiro atoms. The summed E-state index contributed by atoms with van der Waals surface area (Å²) in [6.45, 7) is 6.22. The van der Waals surface area contributed by atoms with E-state index in [1.807, 2.05) is 11.3 Å². The molecule has 17 heavy (non-hydrogen) atoms. The molecule has 0 amide bonds. The Kier molecular flexibility index (Phi) is 3.50. The lowest BCUT2D eigenvalue weighted by Crippen LogP contribution is -2.56. The van der Waals surface area contributed by atoms with Crippen molar-refractivity contribution in [3.05, 3.63) is 22.4 Å². The molecule has 3 aliphatic heterocycles. The first-order valence-electron chi connectivity index (χ1n) is 6.88. The molecular formula is C14H22N2S. The molecule has 1 N–H and O–H groups in total. The Bertz CT molecular complexity index is 341. The highest BCUT2D eigenvalue weighted by atomic mass is 32.1. The van der Waals surface area contributed by atoms with Gasteiger partial charge in [-0.05, 0) is 49.7 Å². The molecule has 2 unspecified atom stereocenters. The highest BCUT2D eigenvalue weighted by Crippen LogP contribution is 2.30. The van der Waals surface area contributed by atoms with Gasteiger partial charge in [-0.1, -0.05) is 13.0 Å². The average Bonchev–Trinajstić information content (AvgIpc) is 2.91. The fraction of sp³-hybridized carbons (Fsp3) is 0.714. The predicted octanol–water partition coefficient (Wildman–Crippen LogP) is 2.88. The van der Waals surface area contributed by atoms with Crippen molar-refractivity contribution in [2.24, 2.45) is 5.92 Å². The summed E-state index contributed by atoms with van der Waals surface area (Å²) in [5, 5.41) is 6.10. The molecule has 0 aliphatic carbocycles. The van der Waals surface area contributed by atoms with E-state index in [-0.39, 0.29) is 0 Å². The van der Waals surface area contributed by atoms with Gasteiger partial charge >= 0.3 is 0 Å². The molecule has 1 aromatic rings. The minimum Gasteiger partial charge on any atom is -0.305 e. The molecule has 3 saturated heterocycles. The number of piperidine rings is 3. The third-order valence-electron chi connectivity index (χ3n) is 4.37. The monoisotopic (exact) mass is 250 g/mol. The lowest BCUT2D eigenvalue weighted by Gasteiger charge is -2.46. The third-order valence-corrected chi connectivity index (χ3v) is 5.35. The Morgan fingerprint density at radius 2 is 2.29 bits per heavy atom. The van der Waals surface area contributed by atoms with E-state index >= 15 is 0 Å². The van der Waals surface area contributed by atoms with Crippen molar-refractivity contribution < 1.29 is 0 Å². The van der Waals surface area contributed by atoms with Crippen molar-refractivity contribution in [2.75, 3.05) is 19.6 Å². The van der Waals surface area contributed by atoms with E-state index < -0.39 is 0 Å².